The van der Waals surface area contributed by atoms with E-state index in [4.69, 9.17) is 0 Å². The molecule has 1 saturated heterocycles. The fraction of sp³-hybridized carbons (Fsp3) is 0.562. The van der Waals surface area contributed by atoms with Crippen molar-refractivity contribution in [2.75, 3.05) is 18.4 Å². The maximum Gasteiger partial charge on any atom is 0.228 e. The Morgan fingerprint density at radius 3 is 2.47 bits per heavy atom. The van der Waals surface area contributed by atoms with Gasteiger partial charge >= 0.3 is 0 Å². The molecule has 3 nitrogen and oxygen atoms in total. The van der Waals surface area contributed by atoms with Crippen molar-refractivity contribution < 1.29 is 4.79 Å². The average molecular weight is 260 g/mol. The van der Waals surface area contributed by atoms with Crippen molar-refractivity contribution in [1.82, 2.24) is 5.32 Å². The van der Waals surface area contributed by atoms with Crippen LogP contribution in [0.3, 0.4) is 0 Å². The third-order valence-electron chi connectivity index (χ3n) is 3.80. The predicted octanol–water partition coefficient (Wildman–Crippen LogP) is 2.75. The highest BCUT2D eigenvalue weighted by Crippen LogP contribution is 2.18. The van der Waals surface area contributed by atoms with Gasteiger partial charge in [0.05, 0.1) is 5.92 Å². The second-order valence-electron chi connectivity index (χ2n) is 5.28. The van der Waals surface area contributed by atoms with Gasteiger partial charge in [-0.05, 0) is 55.5 Å². The van der Waals surface area contributed by atoms with E-state index in [1.165, 1.54) is 11.1 Å². The molecule has 1 unspecified atom stereocenters. The summed E-state index contributed by atoms with van der Waals surface area (Å²) < 4.78 is 0. The summed E-state index contributed by atoms with van der Waals surface area (Å²) in [6.07, 6.45) is 4.09. The van der Waals surface area contributed by atoms with E-state index in [9.17, 15) is 4.79 Å². The topological polar surface area (TPSA) is 41.1 Å². The van der Waals surface area contributed by atoms with Gasteiger partial charge in [0.25, 0.3) is 0 Å². The second-order valence-corrected chi connectivity index (χ2v) is 5.28. The molecule has 104 valence electrons. The standard InChI is InChI=1S/C16H24N2O/c1-3-12-8-13(4-2)10-15(9-12)18-16(19)14-6-5-7-17-11-14/h8-10,14,17H,3-7,11H2,1-2H3,(H,18,19). The summed E-state index contributed by atoms with van der Waals surface area (Å²) in [7, 11) is 0. The molecular weight excluding hydrogens is 236 g/mol. The Balaban J connectivity index is 2.06. The van der Waals surface area contributed by atoms with Crippen LogP contribution >= 0.6 is 0 Å². The highest BCUT2D eigenvalue weighted by Gasteiger charge is 2.20. The van der Waals surface area contributed by atoms with E-state index < -0.39 is 0 Å². The van der Waals surface area contributed by atoms with E-state index in [0.717, 1.165) is 44.5 Å². The van der Waals surface area contributed by atoms with Crippen molar-refractivity contribution in [3.63, 3.8) is 0 Å². The molecule has 0 bridgehead atoms. The quantitative estimate of drug-likeness (QED) is 0.874. The Morgan fingerprint density at radius 2 is 1.95 bits per heavy atom. The van der Waals surface area contributed by atoms with Crippen LogP contribution in [0.4, 0.5) is 5.69 Å². The van der Waals surface area contributed by atoms with Crippen molar-refractivity contribution in [2.45, 2.75) is 39.5 Å². The van der Waals surface area contributed by atoms with Gasteiger partial charge < -0.3 is 10.6 Å². The van der Waals surface area contributed by atoms with Crippen molar-refractivity contribution >= 4 is 11.6 Å². The number of hydrogen-bond donors (Lipinski definition) is 2. The molecule has 1 amide bonds. The Morgan fingerprint density at radius 1 is 1.26 bits per heavy atom. The van der Waals surface area contributed by atoms with Crippen LogP contribution in [0.15, 0.2) is 18.2 Å². The second kappa shape index (κ2) is 6.71. The molecule has 0 radical (unpaired) electrons. The van der Waals surface area contributed by atoms with Gasteiger partial charge in [-0.15, -0.1) is 0 Å². The third kappa shape index (κ3) is 3.80. The first kappa shape index (κ1) is 14.1. The van der Waals surface area contributed by atoms with Gasteiger partial charge in [-0.25, -0.2) is 0 Å². The SMILES string of the molecule is CCc1cc(CC)cc(NC(=O)C2CCCNC2)c1. The normalized spacial score (nSPS) is 19.2. The molecule has 1 aromatic rings. The van der Waals surface area contributed by atoms with E-state index in [-0.39, 0.29) is 11.8 Å². The first-order valence-electron chi connectivity index (χ1n) is 7.37. The van der Waals surface area contributed by atoms with Gasteiger partial charge in [0, 0.05) is 12.2 Å². The fourth-order valence-corrected chi connectivity index (χ4v) is 2.56. The summed E-state index contributed by atoms with van der Waals surface area (Å²) in [5, 5.41) is 6.37. The lowest BCUT2D eigenvalue weighted by atomic mass is 9.98. The number of amides is 1. The molecule has 3 heteroatoms. The zero-order valence-electron chi connectivity index (χ0n) is 12.0. The van der Waals surface area contributed by atoms with Gasteiger partial charge in [0.1, 0.15) is 0 Å². The molecule has 1 atom stereocenters. The van der Waals surface area contributed by atoms with Crippen LogP contribution in [-0.2, 0) is 17.6 Å². The first-order valence-corrected chi connectivity index (χ1v) is 7.37. The smallest absolute Gasteiger partial charge is 0.228 e. The van der Waals surface area contributed by atoms with Crippen molar-refractivity contribution in [3.8, 4) is 0 Å². The highest BCUT2D eigenvalue weighted by atomic mass is 16.1. The number of carbonyl (C=O) groups is 1. The zero-order valence-corrected chi connectivity index (χ0v) is 12.0. The number of rotatable bonds is 4. The molecule has 2 N–H and O–H groups in total. The van der Waals surface area contributed by atoms with Crippen molar-refractivity contribution in [1.29, 1.82) is 0 Å². The maximum atomic E-state index is 12.2. The van der Waals surface area contributed by atoms with Crippen LogP contribution in [0.1, 0.15) is 37.8 Å². The number of nitrogens with one attached hydrogen (secondary N) is 2. The molecule has 0 spiro atoms. The van der Waals surface area contributed by atoms with Crippen molar-refractivity contribution in [2.24, 2.45) is 5.92 Å². The first-order chi connectivity index (χ1) is 9.22. The van der Waals surface area contributed by atoms with Crippen molar-refractivity contribution in [3.05, 3.63) is 29.3 Å². The lowest BCUT2D eigenvalue weighted by Gasteiger charge is -2.22. The van der Waals surface area contributed by atoms with Gasteiger partial charge in [0.15, 0.2) is 0 Å². The summed E-state index contributed by atoms with van der Waals surface area (Å²) in [6.45, 7) is 6.13. The Labute approximate surface area is 115 Å². The summed E-state index contributed by atoms with van der Waals surface area (Å²) >= 11 is 0. The minimum absolute atomic E-state index is 0.115. The summed E-state index contributed by atoms with van der Waals surface area (Å²) in [6, 6.07) is 6.40. The molecule has 1 aromatic carbocycles. The molecular formula is C16H24N2O. The van der Waals surface area contributed by atoms with E-state index in [1.54, 1.807) is 0 Å². The number of benzene rings is 1. The van der Waals surface area contributed by atoms with Crippen LogP contribution in [-0.4, -0.2) is 19.0 Å². The van der Waals surface area contributed by atoms with Gasteiger partial charge in [-0.3, -0.25) is 4.79 Å². The van der Waals surface area contributed by atoms with Gasteiger partial charge in [0.2, 0.25) is 5.91 Å². The highest BCUT2D eigenvalue weighted by molar-refractivity contribution is 5.93. The summed E-state index contributed by atoms with van der Waals surface area (Å²) in [5.74, 6) is 0.270. The number of aryl methyl sites for hydroxylation is 2. The van der Waals surface area contributed by atoms with E-state index in [1.807, 2.05) is 0 Å². The molecule has 0 aliphatic carbocycles. The van der Waals surface area contributed by atoms with E-state index in [2.05, 4.69) is 42.7 Å². The number of anilines is 1. The number of hydrogen-bond acceptors (Lipinski definition) is 2. The average Bonchev–Trinajstić information content (AvgIpc) is 2.47. The monoisotopic (exact) mass is 260 g/mol. The van der Waals surface area contributed by atoms with Crippen LogP contribution < -0.4 is 10.6 Å². The summed E-state index contributed by atoms with van der Waals surface area (Å²) in [4.78, 5) is 12.2. The lowest BCUT2D eigenvalue weighted by Crippen LogP contribution is -2.37. The molecule has 1 aliphatic heterocycles. The Bertz CT molecular complexity index is 414. The van der Waals surface area contributed by atoms with Crippen LogP contribution in [0.25, 0.3) is 0 Å². The molecule has 1 fully saturated rings. The minimum Gasteiger partial charge on any atom is -0.326 e. The van der Waals surface area contributed by atoms with E-state index >= 15 is 0 Å². The minimum atomic E-state index is 0.115. The van der Waals surface area contributed by atoms with Crippen LogP contribution in [0, 0.1) is 5.92 Å². The number of piperidine rings is 1. The largest absolute Gasteiger partial charge is 0.326 e. The third-order valence-corrected chi connectivity index (χ3v) is 3.80. The fourth-order valence-electron chi connectivity index (χ4n) is 2.56. The van der Waals surface area contributed by atoms with Gasteiger partial charge in [-0.1, -0.05) is 19.9 Å². The molecule has 19 heavy (non-hydrogen) atoms. The molecule has 0 saturated carbocycles. The lowest BCUT2D eigenvalue weighted by molar-refractivity contribution is -0.120. The molecule has 2 rings (SSSR count). The maximum absolute atomic E-state index is 12.2. The Kier molecular flexibility index (Phi) is 4.97. The molecule has 1 heterocycles. The van der Waals surface area contributed by atoms with E-state index in [0.29, 0.717) is 0 Å². The van der Waals surface area contributed by atoms with Crippen LogP contribution in [0.5, 0.6) is 0 Å². The zero-order chi connectivity index (χ0) is 13.7. The molecule has 1 aliphatic rings. The predicted molar refractivity (Wildman–Crippen MR) is 79.4 cm³/mol. The summed E-state index contributed by atoms with van der Waals surface area (Å²) in [5.41, 5.74) is 3.53. The van der Waals surface area contributed by atoms with Crippen LogP contribution in [0.2, 0.25) is 0 Å². The number of carbonyl (C=O) groups excluding carboxylic acids is 1. The Hall–Kier alpha value is -1.35. The van der Waals surface area contributed by atoms with Gasteiger partial charge in [-0.2, -0.15) is 0 Å². The molecule has 0 aromatic heterocycles.